The Morgan fingerprint density at radius 2 is 1.83 bits per heavy atom. The second-order valence-electron chi connectivity index (χ2n) is 6.96. The van der Waals surface area contributed by atoms with Crippen LogP contribution in [-0.2, 0) is 32.1 Å². The Balaban J connectivity index is 1.40. The fraction of sp³-hybridized carbons (Fsp3) is 0.318. The first kappa shape index (κ1) is 20.9. The molecule has 1 aliphatic rings. The number of ether oxygens (including phenoxy) is 1. The fourth-order valence-corrected chi connectivity index (χ4v) is 3.41. The number of nitrogens with zero attached hydrogens (tertiary/aromatic N) is 1. The minimum absolute atomic E-state index is 0.0823. The van der Waals surface area contributed by atoms with E-state index >= 15 is 0 Å². The Morgan fingerprint density at radius 1 is 1.10 bits per heavy atom. The molecule has 1 saturated heterocycles. The minimum Gasteiger partial charge on any atom is -0.455 e. The number of carbonyl (C=O) groups excluding carboxylic acids is 3. The number of amides is 2. The molecule has 0 bridgehead atoms. The molecule has 0 aromatic heterocycles. The zero-order chi connectivity index (χ0) is 20.6. The number of rotatable bonds is 8. The highest BCUT2D eigenvalue weighted by Gasteiger charge is 2.35. The zero-order valence-electron chi connectivity index (χ0n) is 16.0. The molecule has 0 spiro atoms. The summed E-state index contributed by atoms with van der Waals surface area (Å²) in [4.78, 5) is 37.9. The number of likely N-dealkylation sites (tertiary alicyclic amines) is 1. The maximum atomic E-state index is 12.2. The number of carbonyl (C=O) groups is 3. The van der Waals surface area contributed by atoms with E-state index in [2.05, 4.69) is 5.32 Å². The van der Waals surface area contributed by atoms with E-state index in [4.69, 9.17) is 16.3 Å². The molecule has 6 nitrogen and oxygen atoms in total. The van der Waals surface area contributed by atoms with Crippen LogP contribution in [0.4, 0.5) is 0 Å². The highest BCUT2D eigenvalue weighted by molar-refractivity contribution is 6.31. The molecule has 2 amide bonds. The van der Waals surface area contributed by atoms with Crippen molar-refractivity contribution < 1.29 is 19.1 Å². The van der Waals surface area contributed by atoms with Crippen molar-refractivity contribution in [2.75, 3.05) is 19.7 Å². The van der Waals surface area contributed by atoms with E-state index in [-0.39, 0.29) is 31.4 Å². The van der Waals surface area contributed by atoms with Gasteiger partial charge in [-0.1, -0.05) is 60.1 Å². The van der Waals surface area contributed by atoms with Gasteiger partial charge in [0, 0.05) is 31.1 Å². The summed E-state index contributed by atoms with van der Waals surface area (Å²) in [5.41, 5.74) is 1.95. The van der Waals surface area contributed by atoms with E-state index in [1.165, 1.54) is 0 Å². The number of hydrogen-bond donors (Lipinski definition) is 1. The van der Waals surface area contributed by atoms with Crippen molar-refractivity contribution in [1.29, 1.82) is 0 Å². The number of nitrogens with one attached hydrogen (secondary N) is 1. The first-order valence-electron chi connectivity index (χ1n) is 9.51. The summed E-state index contributed by atoms with van der Waals surface area (Å²) in [6.07, 6.45) is 0.785. The van der Waals surface area contributed by atoms with Crippen molar-refractivity contribution in [3.05, 3.63) is 70.7 Å². The number of hydrogen-bond acceptors (Lipinski definition) is 4. The van der Waals surface area contributed by atoms with Gasteiger partial charge in [0.2, 0.25) is 5.91 Å². The van der Waals surface area contributed by atoms with Gasteiger partial charge in [0.15, 0.2) is 6.61 Å². The van der Waals surface area contributed by atoms with Gasteiger partial charge < -0.3 is 15.0 Å². The fourth-order valence-electron chi connectivity index (χ4n) is 3.21. The third-order valence-corrected chi connectivity index (χ3v) is 5.16. The quantitative estimate of drug-likeness (QED) is 0.674. The highest BCUT2D eigenvalue weighted by atomic mass is 35.5. The molecule has 1 heterocycles. The molecule has 29 heavy (non-hydrogen) atoms. The lowest BCUT2D eigenvalue weighted by Gasteiger charge is -2.17. The standard InChI is InChI=1S/C22H23ClN2O4/c23-19-9-5-4-8-17(19)13-25-14-18(12-21(25)27)22(28)29-15-20(26)24-11-10-16-6-2-1-3-7-16/h1-9,18H,10-15H2,(H,24,26)/t18-/m0/s1. The number of halogens is 1. The maximum absolute atomic E-state index is 12.2. The average Bonchev–Trinajstić information content (AvgIpc) is 3.09. The lowest BCUT2D eigenvalue weighted by Crippen LogP contribution is -2.32. The molecule has 0 radical (unpaired) electrons. The normalized spacial score (nSPS) is 16.0. The van der Waals surface area contributed by atoms with Crippen LogP contribution in [0.1, 0.15) is 17.5 Å². The van der Waals surface area contributed by atoms with Gasteiger partial charge in [-0.3, -0.25) is 14.4 Å². The summed E-state index contributed by atoms with van der Waals surface area (Å²) in [5, 5.41) is 3.31. The zero-order valence-corrected chi connectivity index (χ0v) is 16.7. The van der Waals surface area contributed by atoms with Gasteiger partial charge in [0.25, 0.3) is 5.91 Å². The van der Waals surface area contributed by atoms with Crippen LogP contribution in [0.15, 0.2) is 54.6 Å². The van der Waals surface area contributed by atoms with Crippen LogP contribution < -0.4 is 5.32 Å². The Kier molecular flexibility index (Phi) is 7.25. The summed E-state index contributed by atoms with van der Waals surface area (Å²) >= 11 is 6.14. The molecule has 7 heteroatoms. The van der Waals surface area contributed by atoms with Crippen molar-refractivity contribution in [2.24, 2.45) is 5.92 Å². The lowest BCUT2D eigenvalue weighted by atomic mass is 10.1. The second kappa shape index (κ2) is 10.1. The van der Waals surface area contributed by atoms with E-state index in [1.807, 2.05) is 48.5 Å². The molecule has 1 fully saturated rings. The molecule has 1 atom stereocenters. The van der Waals surface area contributed by atoms with Gasteiger partial charge in [0.1, 0.15) is 0 Å². The molecule has 3 rings (SSSR count). The maximum Gasteiger partial charge on any atom is 0.311 e. The van der Waals surface area contributed by atoms with Crippen LogP contribution in [0.2, 0.25) is 5.02 Å². The highest BCUT2D eigenvalue weighted by Crippen LogP contribution is 2.24. The lowest BCUT2D eigenvalue weighted by molar-refractivity contribution is -0.152. The van der Waals surface area contributed by atoms with Gasteiger partial charge in [-0.15, -0.1) is 0 Å². The van der Waals surface area contributed by atoms with Crippen LogP contribution in [-0.4, -0.2) is 42.4 Å². The summed E-state index contributed by atoms with van der Waals surface area (Å²) in [7, 11) is 0. The molecule has 152 valence electrons. The summed E-state index contributed by atoms with van der Waals surface area (Å²) in [5.74, 6) is -1.58. The van der Waals surface area contributed by atoms with E-state index in [1.54, 1.807) is 11.0 Å². The second-order valence-corrected chi connectivity index (χ2v) is 7.37. The average molecular weight is 415 g/mol. The predicted molar refractivity (Wildman–Crippen MR) is 109 cm³/mol. The molecule has 1 N–H and O–H groups in total. The van der Waals surface area contributed by atoms with Crippen LogP contribution >= 0.6 is 11.6 Å². The molecule has 0 aliphatic carbocycles. The van der Waals surface area contributed by atoms with Crippen molar-refractivity contribution in [3.8, 4) is 0 Å². The van der Waals surface area contributed by atoms with E-state index in [9.17, 15) is 14.4 Å². The molecule has 1 aliphatic heterocycles. The molecular weight excluding hydrogens is 392 g/mol. The summed E-state index contributed by atoms with van der Waals surface area (Å²) in [6.45, 7) is 0.734. The van der Waals surface area contributed by atoms with Crippen LogP contribution in [0, 0.1) is 5.92 Å². The monoisotopic (exact) mass is 414 g/mol. The third-order valence-electron chi connectivity index (χ3n) is 4.79. The van der Waals surface area contributed by atoms with Gasteiger partial charge in [-0.25, -0.2) is 0 Å². The van der Waals surface area contributed by atoms with E-state index in [0.717, 1.165) is 11.1 Å². The van der Waals surface area contributed by atoms with Crippen molar-refractivity contribution in [3.63, 3.8) is 0 Å². The van der Waals surface area contributed by atoms with Crippen LogP contribution in [0.25, 0.3) is 0 Å². The molecule has 2 aromatic rings. The van der Waals surface area contributed by atoms with Gasteiger partial charge in [-0.05, 0) is 23.6 Å². The Morgan fingerprint density at radius 3 is 2.59 bits per heavy atom. The molecular formula is C22H23ClN2O4. The minimum atomic E-state index is -0.567. The number of benzene rings is 2. The van der Waals surface area contributed by atoms with E-state index < -0.39 is 11.9 Å². The first-order chi connectivity index (χ1) is 14.0. The summed E-state index contributed by atoms with van der Waals surface area (Å²) in [6, 6.07) is 17.1. The van der Waals surface area contributed by atoms with Crippen molar-refractivity contribution in [1.82, 2.24) is 10.2 Å². The Hall–Kier alpha value is -2.86. The van der Waals surface area contributed by atoms with Crippen LogP contribution in [0.5, 0.6) is 0 Å². The first-order valence-corrected chi connectivity index (χ1v) is 9.89. The van der Waals surface area contributed by atoms with Gasteiger partial charge in [0.05, 0.1) is 5.92 Å². The Bertz CT molecular complexity index is 872. The summed E-state index contributed by atoms with van der Waals surface area (Å²) < 4.78 is 5.11. The number of esters is 1. The van der Waals surface area contributed by atoms with Gasteiger partial charge in [-0.2, -0.15) is 0 Å². The molecule has 0 unspecified atom stereocenters. The van der Waals surface area contributed by atoms with Crippen molar-refractivity contribution in [2.45, 2.75) is 19.4 Å². The van der Waals surface area contributed by atoms with Gasteiger partial charge >= 0.3 is 5.97 Å². The van der Waals surface area contributed by atoms with E-state index in [0.29, 0.717) is 24.5 Å². The largest absolute Gasteiger partial charge is 0.455 e. The smallest absolute Gasteiger partial charge is 0.311 e. The van der Waals surface area contributed by atoms with Crippen molar-refractivity contribution >= 4 is 29.4 Å². The molecule has 2 aromatic carbocycles. The third kappa shape index (κ3) is 6.06. The molecule has 0 saturated carbocycles. The SMILES string of the molecule is O=C(COC(=O)[C@H]1CC(=O)N(Cc2ccccc2Cl)C1)NCCc1ccccc1. The topological polar surface area (TPSA) is 75.7 Å². The predicted octanol–water partition coefficient (Wildman–Crippen LogP) is 2.59. The van der Waals surface area contributed by atoms with Crippen LogP contribution in [0.3, 0.4) is 0 Å². The Labute approximate surface area is 174 Å².